The summed E-state index contributed by atoms with van der Waals surface area (Å²) in [7, 11) is 0. The lowest BCUT2D eigenvalue weighted by atomic mass is 10.1. The molecule has 0 bridgehead atoms. The average Bonchev–Trinajstić information content (AvgIpc) is 2.29. The van der Waals surface area contributed by atoms with E-state index in [4.69, 9.17) is 5.73 Å². The Labute approximate surface area is 100 Å². The van der Waals surface area contributed by atoms with E-state index in [-0.39, 0.29) is 5.91 Å². The first-order chi connectivity index (χ1) is 8.09. The molecule has 0 saturated heterocycles. The number of benzene rings is 1. The van der Waals surface area contributed by atoms with Gasteiger partial charge in [0, 0.05) is 31.0 Å². The summed E-state index contributed by atoms with van der Waals surface area (Å²) in [5, 5.41) is 2.65. The normalized spacial score (nSPS) is 9.00. The fraction of sp³-hybridized carbons (Fsp3) is 0.231. The van der Waals surface area contributed by atoms with E-state index in [2.05, 4.69) is 17.2 Å². The Morgan fingerprint density at radius 1 is 1.29 bits per heavy atom. The second-order valence-electron chi connectivity index (χ2n) is 3.48. The zero-order chi connectivity index (χ0) is 12.7. The zero-order valence-corrected chi connectivity index (χ0v) is 9.62. The van der Waals surface area contributed by atoms with Crippen molar-refractivity contribution in [2.24, 2.45) is 5.73 Å². The Morgan fingerprint density at radius 3 is 2.47 bits per heavy atom. The van der Waals surface area contributed by atoms with Crippen molar-refractivity contribution in [3.05, 3.63) is 35.4 Å². The number of primary amides is 1. The van der Waals surface area contributed by atoms with Crippen LogP contribution in [-0.2, 0) is 4.79 Å². The molecule has 3 N–H and O–H groups in total. The molecule has 0 aliphatic heterocycles. The van der Waals surface area contributed by atoms with Gasteiger partial charge < -0.3 is 11.1 Å². The van der Waals surface area contributed by atoms with Gasteiger partial charge in [-0.1, -0.05) is 11.8 Å². The molecule has 0 fully saturated rings. The summed E-state index contributed by atoms with van der Waals surface area (Å²) in [5.74, 6) is 5.35. The van der Waals surface area contributed by atoms with Crippen molar-refractivity contribution < 1.29 is 9.59 Å². The van der Waals surface area contributed by atoms with Crippen LogP contribution in [-0.4, -0.2) is 18.4 Å². The Hall–Kier alpha value is -2.28. The minimum absolute atomic E-state index is 0.0578. The van der Waals surface area contributed by atoms with Crippen LogP contribution < -0.4 is 11.1 Å². The molecule has 0 spiro atoms. The fourth-order valence-electron chi connectivity index (χ4n) is 1.18. The highest BCUT2D eigenvalue weighted by molar-refractivity contribution is 5.92. The monoisotopic (exact) mass is 230 g/mol. The van der Waals surface area contributed by atoms with Crippen molar-refractivity contribution in [1.29, 1.82) is 0 Å². The van der Waals surface area contributed by atoms with E-state index < -0.39 is 5.91 Å². The van der Waals surface area contributed by atoms with Crippen LogP contribution in [0.1, 0.15) is 29.3 Å². The third-order valence-corrected chi connectivity index (χ3v) is 2.03. The van der Waals surface area contributed by atoms with Crippen molar-refractivity contribution in [2.75, 3.05) is 6.54 Å². The lowest BCUT2D eigenvalue weighted by Gasteiger charge is -1.96. The molecule has 0 heterocycles. The second-order valence-corrected chi connectivity index (χ2v) is 3.48. The largest absolute Gasteiger partial charge is 0.366 e. The van der Waals surface area contributed by atoms with Crippen LogP contribution in [0.5, 0.6) is 0 Å². The lowest BCUT2D eigenvalue weighted by molar-refractivity contribution is -0.118. The standard InChI is InChI=1S/C13H14N2O2/c1-10(16)15-9-3-2-4-11-5-7-12(8-6-11)13(14)17/h5-8H,3,9H2,1H3,(H2,14,17)(H,15,16). The summed E-state index contributed by atoms with van der Waals surface area (Å²) < 4.78 is 0. The van der Waals surface area contributed by atoms with Gasteiger partial charge in [0.15, 0.2) is 0 Å². The fourth-order valence-corrected chi connectivity index (χ4v) is 1.18. The van der Waals surface area contributed by atoms with Crippen LogP contribution in [0, 0.1) is 11.8 Å². The number of hydrogen-bond acceptors (Lipinski definition) is 2. The van der Waals surface area contributed by atoms with Crippen molar-refractivity contribution in [1.82, 2.24) is 5.32 Å². The van der Waals surface area contributed by atoms with Gasteiger partial charge in [0.05, 0.1) is 0 Å². The molecule has 1 rings (SSSR count). The number of rotatable bonds is 3. The molecular formula is C13H14N2O2. The summed E-state index contributed by atoms with van der Waals surface area (Å²) >= 11 is 0. The van der Waals surface area contributed by atoms with Crippen LogP contribution in [0.4, 0.5) is 0 Å². The topological polar surface area (TPSA) is 72.2 Å². The predicted molar refractivity (Wildman–Crippen MR) is 65.1 cm³/mol. The second kappa shape index (κ2) is 6.33. The molecule has 4 nitrogen and oxygen atoms in total. The minimum atomic E-state index is -0.449. The van der Waals surface area contributed by atoms with Crippen LogP contribution in [0.2, 0.25) is 0 Å². The Morgan fingerprint density at radius 2 is 1.94 bits per heavy atom. The van der Waals surface area contributed by atoms with E-state index >= 15 is 0 Å². The number of carbonyl (C=O) groups is 2. The van der Waals surface area contributed by atoms with Gasteiger partial charge in [0.1, 0.15) is 0 Å². The molecule has 0 radical (unpaired) electrons. The maximum atomic E-state index is 10.8. The van der Waals surface area contributed by atoms with Gasteiger partial charge in [-0.15, -0.1) is 0 Å². The molecule has 0 atom stereocenters. The van der Waals surface area contributed by atoms with Crippen molar-refractivity contribution >= 4 is 11.8 Å². The van der Waals surface area contributed by atoms with Gasteiger partial charge in [0.2, 0.25) is 11.8 Å². The smallest absolute Gasteiger partial charge is 0.248 e. The van der Waals surface area contributed by atoms with E-state index in [9.17, 15) is 9.59 Å². The molecule has 2 amide bonds. The van der Waals surface area contributed by atoms with E-state index in [1.165, 1.54) is 6.92 Å². The van der Waals surface area contributed by atoms with Gasteiger partial charge in [-0.25, -0.2) is 0 Å². The molecule has 0 saturated carbocycles. The molecule has 1 aromatic rings. The van der Waals surface area contributed by atoms with E-state index in [1.54, 1.807) is 24.3 Å². The van der Waals surface area contributed by atoms with Gasteiger partial charge in [-0.3, -0.25) is 9.59 Å². The minimum Gasteiger partial charge on any atom is -0.366 e. The molecule has 0 aromatic heterocycles. The molecule has 1 aromatic carbocycles. The highest BCUT2D eigenvalue weighted by atomic mass is 16.1. The maximum Gasteiger partial charge on any atom is 0.248 e. The molecule has 0 aliphatic rings. The van der Waals surface area contributed by atoms with Gasteiger partial charge in [0.25, 0.3) is 0 Å². The number of hydrogen-bond donors (Lipinski definition) is 2. The van der Waals surface area contributed by atoms with Crippen LogP contribution in [0.15, 0.2) is 24.3 Å². The summed E-state index contributed by atoms with van der Waals surface area (Å²) in [6.07, 6.45) is 0.594. The van der Waals surface area contributed by atoms with E-state index in [0.29, 0.717) is 18.5 Å². The van der Waals surface area contributed by atoms with E-state index in [0.717, 1.165) is 5.56 Å². The molecular weight excluding hydrogens is 216 g/mol. The van der Waals surface area contributed by atoms with Crippen molar-refractivity contribution in [2.45, 2.75) is 13.3 Å². The molecule has 17 heavy (non-hydrogen) atoms. The molecule has 4 heteroatoms. The first kappa shape index (κ1) is 12.8. The average molecular weight is 230 g/mol. The third-order valence-electron chi connectivity index (χ3n) is 2.03. The summed E-state index contributed by atoms with van der Waals surface area (Å²) in [5.41, 5.74) is 6.40. The summed E-state index contributed by atoms with van der Waals surface area (Å²) in [6, 6.07) is 6.76. The lowest BCUT2D eigenvalue weighted by Crippen LogP contribution is -2.20. The molecule has 88 valence electrons. The predicted octanol–water partition coefficient (Wildman–Crippen LogP) is 0.663. The van der Waals surface area contributed by atoms with Gasteiger partial charge >= 0.3 is 0 Å². The highest BCUT2D eigenvalue weighted by Gasteiger charge is 1.97. The zero-order valence-electron chi connectivity index (χ0n) is 9.62. The number of nitrogens with one attached hydrogen (secondary N) is 1. The van der Waals surface area contributed by atoms with E-state index in [1.807, 2.05) is 0 Å². The maximum absolute atomic E-state index is 10.8. The highest BCUT2D eigenvalue weighted by Crippen LogP contribution is 2.02. The Bertz CT molecular complexity index is 466. The first-order valence-electron chi connectivity index (χ1n) is 5.23. The van der Waals surface area contributed by atoms with Crippen LogP contribution >= 0.6 is 0 Å². The first-order valence-corrected chi connectivity index (χ1v) is 5.23. The summed E-state index contributed by atoms with van der Waals surface area (Å²) in [6.45, 7) is 2.01. The van der Waals surface area contributed by atoms with Gasteiger partial charge in [-0.05, 0) is 24.3 Å². The quantitative estimate of drug-likeness (QED) is 0.591. The Balaban J connectivity index is 2.49. The number of amides is 2. The van der Waals surface area contributed by atoms with Gasteiger partial charge in [-0.2, -0.15) is 0 Å². The molecule has 0 unspecified atom stereocenters. The number of nitrogens with two attached hydrogens (primary N) is 1. The van der Waals surface area contributed by atoms with Crippen molar-refractivity contribution in [3.63, 3.8) is 0 Å². The number of carbonyl (C=O) groups excluding carboxylic acids is 2. The SMILES string of the molecule is CC(=O)NCCC#Cc1ccc(C(N)=O)cc1. The Kier molecular flexibility index (Phi) is 4.77. The van der Waals surface area contributed by atoms with Crippen molar-refractivity contribution in [3.8, 4) is 11.8 Å². The molecule has 0 aliphatic carbocycles. The third kappa shape index (κ3) is 4.85. The van der Waals surface area contributed by atoms with Crippen LogP contribution in [0.3, 0.4) is 0 Å². The summed E-state index contributed by atoms with van der Waals surface area (Å²) in [4.78, 5) is 21.4. The van der Waals surface area contributed by atoms with Crippen LogP contribution in [0.25, 0.3) is 0 Å².